The van der Waals surface area contributed by atoms with Crippen LogP contribution in [0.3, 0.4) is 0 Å². The van der Waals surface area contributed by atoms with Gasteiger partial charge < -0.3 is 15.2 Å². The van der Waals surface area contributed by atoms with Crippen molar-refractivity contribution in [2.75, 3.05) is 31.7 Å². The summed E-state index contributed by atoms with van der Waals surface area (Å²) in [6, 6.07) is 12.2. The van der Waals surface area contributed by atoms with E-state index in [4.69, 9.17) is 14.8 Å². The van der Waals surface area contributed by atoms with E-state index in [9.17, 15) is 0 Å². The van der Waals surface area contributed by atoms with Crippen LogP contribution in [-0.2, 0) is 10.2 Å². The Hall–Kier alpha value is -2.44. The first kappa shape index (κ1) is 18.4. The Morgan fingerprint density at radius 3 is 2.62 bits per heavy atom. The zero-order chi connectivity index (χ0) is 18.6. The molecular weight excluding hydrogens is 328 g/mol. The maximum atomic E-state index is 8.79. The second-order valence-corrected chi connectivity index (χ2v) is 7.20. The Labute approximate surface area is 153 Å². The Morgan fingerprint density at radius 1 is 1.15 bits per heavy atom. The van der Waals surface area contributed by atoms with Crippen LogP contribution in [-0.4, -0.2) is 46.1 Å². The average Bonchev–Trinajstić information content (AvgIpc) is 3.05. The summed E-state index contributed by atoms with van der Waals surface area (Å²) in [5.41, 5.74) is 3.86. The van der Waals surface area contributed by atoms with E-state index in [1.54, 1.807) is 0 Å². The summed E-state index contributed by atoms with van der Waals surface area (Å²) < 4.78 is 7.17. The van der Waals surface area contributed by atoms with Crippen molar-refractivity contribution in [3.8, 4) is 11.1 Å². The largest absolute Gasteiger partial charge is 0.394 e. The van der Waals surface area contributed by atoms with Crippen LogP contribution in [0.1, 0.15) is 26.5 Å². The van der Waals surface area contributed by atoms with Gasteiger partial charge in [-0.25, -0.2) is 4.98 Å². The number of hydrogen-bond donors (Lipinski definition) is 2. The molecule has 0 aliphatic carbocycles. The highest BCUT2D eigenvalue weighted by atomic mass is 16.5. The van der Waals surface area contributed by atoms with Crippen molar-refractivity contribution in [1.82, 2.24) is 14.6 Å². The molecule has 0 atom stereocenters. The monoisotopic (exact) mass is 354 g/mol. The first-order valence-corrected chi connectivity index (χ1v) is 8.88. The molecule has 3 aromatic rings. The Balaban J connectivity index is 1.99. The van der Waals surface area contributed by atoms with Gasteiger partial charge in [0.2, 0.25) is 0 Å². The molecule has 0 saturated heterocycles. The Bertz CT molecular complexity index is 853. The second kappa shape index (κ2) is 7.85. The van der Waals surface area contributed by atoms with Crippen LogP contribution in [0.2, 0.25) is 0 Å². The zero-order valence-electron chi connectivity index (χ0n) is 15.6. The highest BCUT2D eigenvalue weighted by molar-refractivity contribution is 5.78. The highest BCUT2D eigenvalue weighted by Crippen LogP contribution is 2.29. The number of aliphatic hydroxyl groups excluding tert-OH is 1. The fraction of sp³-hybridized carbons (Fsp3) is 0.400. The molecule has 2 aromatic heterocycles. The van der Waals surface area contributed by atoms with Crippen molar-refractivity contribution >= 4 is 11.5 Å². The van der Waals surface area contributed by atoms with Crippen LogP contribution in [0.15, 0.2) is 42.6 Å². The molecule has 0 bridgehead atoms. The van der Waals surface area contributed by atoms with E-state index in [1.807, 2.05) is 35.0 Å². The molecule has 26 heavy (non-hydrogen) atoms. The number of benzene rings is 1. The Kier molecular flexibility index (Phi) is 5.54. The molecule has 2 heterocycles. The van der Waals surface area contributed by atoms with Crippen LogP contribution >= 0.6 is 0 Å². The summed E-state index contributed by atoms with van der Waals surface area (Å²) in [4.78, 5) is 4.90. The van der Waals surface area contributed by atoms with Gasteiger partial charge in [0.05, 0.1) is 31.7 Å². The summed E-state index contributed by atoms with van der Waals surface area (Å²) in [6.45, 7) is 7.98. The van der Waals surface area contributed by atoms with E-state index in [0.29, 0.717) is 19.8 Å². The predicted octanol–water partition coefficient (Wildman–Crippen LogP) is 3.11. The SMILES string of the molecule is CC(C)(C)c1cc(NCCOCCO)n2ncc(-c3ccccc3)c2n1. The normalized spacial score (nSPS) is 11.8. The highest BCUT2D eigenvalue weighted by Gasteiger charge is 2.20. The maximum absolute atomic E-state index is 8.79. The van der Waals surface area contributed by atoms with Crippen LogP contribution in [0, 0.1) is 0 Å². The number of ether oxygens (including phenoxy) is 1. The molecule has 0 aliphatic heterocycles. The number of nitrogens with one attached hydrogen (secondary N) is 1. The number of aromatic nitrogens is 3. The van der Waals surface area contributed by atoms with Gasteiger partial charge in [-0.05, 0) is 5.56 Å². The third-order valence-electron chi connectivity index (χ3n) is 4.11. The quantitative estimate of drug-likeness (QED) is 0.638. The molecular formula is C20H26N4O2. The third-order valence-corrected chi connectivity index (χ3v) is 4.11. The minimum Gasteiger partial charge on any atom is -0.394 e. The van der Waals surface area contributed by atoms with Gasteiger partial charge in [0.15, 0.2) is 5.65 Å². The average molecular weight is 354 g/mol. The molecule has 1 aromatic carbocycles. The fourth-order valence-electron chi connectivity index (χ4n) is 2.71. The molecule has 0 aliphatic rings. The lowest BCUT2D eigenvalue weighted by atomic mass is 9.92. The number of aliphatic hydroxyl groups is 1. The molecule has 6 heteroatoms. The van der Waals surface area contributed by atoms with E-state index in [1.165, 1.54) is 0 Å². The van der Waals surface area contributed by atoms with Crippen molar-refractivity contribution in [1.29, 1.82) is 0 Å². The first-order chi connectivity index (χ1) is 12.5. The van der Waals surface area contributed by atoms with Gasteiger partial charge in [-0.2, -0.15) is 9.61 Å². The first-order valence-electron chi connectivity index (χ1n) is 8.88. The third kappa shape index (κ3) is 4.03. The molecule has 0 amide bonds. The topological polar surface area (TPSA) is 71.7 Å². The molecule has 0 fully saturated rings. The molecule has 6 nitrogen and oxygen atoms in total. The molecule has 2 N–H and O–H groups in total. The molecule has 138 valence electrons. The Morgan fingerprint density at radius 2 is 1.92 bits per heavy atom. The lowest BCUT2D eigenvalue weighted by Gasteiger charge is -2.20. The van der Waals surface area contributed by atoms with Crippen molar-refractivity contribution < 1.29 is 9.84 Å². The van der Waals surface area contributed by atoms with E-state index in [-0.39, 0.29) is 12.0 Å². The minimum absolute atomic E-state index is 0.0350. The number of nitrogens with zero attached hydrogens (tertiary/aromatic N) is 3. The van der Waals surface area contributed by atoms with Gasteiger partial charge in [-0.3, -0.25) is 0 Å². The van der Waals surface area contributed by atoms with Crippen molar-refractivity contribution in [3.05, 3.63) is 48.3 Å². The molecule has 0 unspecified atom stereocenters. The van der Waals surface area contributed by atoms with Crippen LogP contribution in [0.4, 0.5) is 5.82 Å². The van der Waals surface area contributed by atoms with Gasteiger partial charge in [0.25, 0.3) is 0 Å². The standard InChI is InChI=1S/C20H26N4O2/c1-20(2,3)17-13-18(21-9-11-26-12-10-25)24-19(23-17)16(14-22-24)15-7-5-4-6-8-15/h4-8,13-14,21,25H,9-12H2,1-3H3. The van der Waals surface area contributed by atoms with Gasteiger partial charge in [-0.15, -0.1) is 0 Å². The lowest BCUT2D eigenvalue weighted by Crippen LogP contribution is -2.18. The number of anilines is 1. The van der Waals surface area contributed by atoms with Crippen molar-refractivity contribution in [2.45, 2.75) is 26.2 Å². The van der Waals surface area contributed by atoms with Crippen LogP contribution in [0.5, 0.6) is 0 Å². The minimum atomic E-state index is -0.0796. The van der Waals surface area contributed by atoms with Crippen molar-refractivity contribution in [2.24, 2.45) is 0 Å². The summed E-state index contributed by atoms with van der Waals surface area (Å²) in [5, 5.41) is 16.7. The molecule has 0 spiro atoms. The van der Waals surface area contributed by atoms with Gasteiger partial charge >= 0.3 is 0 Å². The van der Waals surface area contributed by atoms with Crippen LogP contribution < -0.4 is 5.32 Å². The molecule has 3 rings (SSSR count). The van der Waals surface area contributed by atoms with Crippen LogP contribution in [0.25, 0.3) is 16.8 Å². The van der Waals surface area contributed by atoms with Gasteiger partial charge in [0.1, 0.15) is 5.82 Å². The fourth-order valence-corrected chi connectivity index (χ4v) is 2.71. The van der Waals surface area contributed by atoms with Gasteiger partial charge in [0, 0.05) is 23.6 Å². The summed E-state index contributed by atoms with van der Waals surface area (Å²) in [6.07, 6.45) is 1.86. The number of hydrogen-bond acceptors (Lipinski definition) is 5. The summed E-state index contributed by atoms with van der Waals surface area (Å²) in [5.74, 6) is 0.884. The summed E-state index contributed by atoms with van der Waals surface area (Å²) >= 11 is 0. The van der Waals surface area contributed by atoms with Crippen molar-refractivity contribution in [3.63, 3.8) is 0 Å². The zero-order valence-corrected chi connectivity index (χ0v) is 15.6. The predicted molar refractivity (Wildman–Crippen MR) is 104 cm³/mol. The number of fused-ring (bicyclic) bond motifs is 1. The second-order valence-electron chi connectivity index (χ2n) is 7.20. The van der Waals surface area contributed by atoms with E-state index < -0.39 is 0 Å². The van der Waals surface area contributed by atoms with Gasteiger partial charge in [-0.1, -0.05) is 51.1 Å². The van der Waals surface area contributed by atoms with E-state index in [0.717, 1.165) is 28.3 Å². The van der Waals surface area contributed by atoms with E-state index >= 15 is 0 Å². The number of rotatable bonds is 7. The molecule has 0 radical (unpaired) electrons. The summed E-state index contributed by atoms with van der Waals surface area (Å²) in [7, 11) is 0. The smallest absolute Gasteiger partial charge is 0.165 e. The molecule has 0 saturated carbocycles. The maximum Gasteiger partial charge on any atom is 0.165 e. The lowest BCUT2D eigenvalue weighted by molar-refractivity contribution is 0.0991. The van der Waals surface area contributed by atoms with E-state index in [2.05, 4.69) is 43.3 Å².